The van der Waals surface area contributed by atoms with Crippen LogP contribution in [0.2, 0.25) is 0 Å². The van der Waals surface area contributed by atoms with Crippen LogP contribution >= 0.6 is 0 Å². The van der Waals surface area contributed by atoms with Crippen LogP contribution < -0.4 is 4.74 Å². The molecule has 1 unspecified atom stereocenters. The van der Waals surface area contributed by atoms with Crippen LogP contribution in [0, 0.1) is 24.1 Å². The van der Waals surface area contributed by atoms with Gasteiger partial charge in [-0.2, -0.15) is 5.26 Å². The van der Waals surface area contributed by atoms with E-state index < -0.39 is 5.82 Å². The standard InChI is InChI=1S/C30H34FN5O2/c1-6-35(5)10-8-21-13-24(25-12-19(3)33-18-27(25)31)23-9-11-36(30(37)26(23)14-21)20(4)28-15-29(38-7-2)22(16-32)17-34-28/h12-15,17-18,20H,6-11H2,1-5H3. The summed E-state index contributed by atoms with van der Waals surface area (Å²) in [5.41, 5.74) is 5.42. The van der Waals surface area contributed by atoms with Gasteiger partial charge in [-0.1, -0.05) is 13.0 Å². The normalized spacial score (nSPS) is 13.8. The van der Waals surface area contributed by atoms with E-state index in [4.69, 9.17) is 4.74 Å². The molecule has 2 aromatic heterocycles. The summed E-state index contributed by atoms with van der Waals surface area (Å²) >= 11 is 0. The Balaban J connectivity index is 1.75. The average Bonchev–Trinajstić information content (AvgIpc) is 2.92. The van der Waals surface area contributed by atoms with Crippen molar-refractivity contribution in [3.63, 3.8) is 0 Å². The van der Waals surface area contributed by atoms with Crippen molar-refractivity contribution in [3.8, 4) is 22.9 Å². The zero-order chi connectivity index (χ0) is 27.4. The van der Waals surface area contributed by atoms with Crippen molar-refractivity contribution in [1.82, 2.24) is 19.8 Å². The van der Waals surface area contributed by atoms with Crippen molar-refractivity contribution in [2.24, 2.45) is 0 Å². The topological polar surface area (TPSA) is 82.3 Å². The number of hydrogen-bond acceptors (Lipinski definition) is 6. The third kappa shape index (κ3) is 5.53. The number of ether oxygens (including phenoxy) is 1. The molecule has 198 valence electrons. The predicted molar refractivity (Wildman–Crippen MR) is 145 cm³/mol. The first-order chi connectivity index (χ1) is 18.3. The van der Waals surface area contributed by atoms with Crippen LogP contribution in [0.3, 0.4) is 0 Å². The van der Waals surface area contributed by atoms with Gasteiger partial charge < -0.3 is 14.5 Å². The number of nitriles is 1. The highest BCUT2D eigenvalue weighted by Crippen LogP contribution is 2.36. The molecule has 3 heterocycles. The van der Waals surface area contributed by atoms with Gasteiger partial charge >= 0.3 is 0 Å². The quantitative estimate of drug-likeness (QED) is 0.394. The molecule has 7 nitrogen and oxygen atoms in total. The number of halogens is 1. The van der Waals surface area contributed by atoms with Crippen LogP contribution in [0.5, 0.6) is 5.75 Å². The summed E-state index contributed by atoms with van der Waals surface area (Å²) in [6.07, 6.45) is 4.08. The fourth-order valence-corrected chi connectivity index (χ4v) is 4.86. The maximum Gasteiger partial charge on any atom is 0.254 e. The SMILES string of the molecule is CCOc1cc(C(C)N2CCc3c(cc(CCN(C)CC)cc3-c3cc(C)ncc3F)C2=O)ncc1C#N. The molecule has 4 rings (SSSR count). The molecule has 3 aromatic rings. The third-order valence-corrected chi connectivity index (χ3v) is 7.21. The Labute approximate surface area is 223 Å². The minimum Gasteiger partial charge on any atom is -0.492 e. The highest BCUT2D eigenvalue weighted by Gasteiger charge is 2.32. The van der Waals surface area contributed by atoms with Gasteiger partial charge in [0.25, 0.3) is 5.91 Å². The summed E-state index contributed by atoms with van der Waals surface area (Å²) in [5, 5.41) is 9.38. The molecule has 1 aliphatic heterocycles. The number of benzene rings is 1. The number of amides is 1. The first-order valence-electron chi connectivity index (χ1n) is 13.1. The van der Waals surface area contributed by atoms with E-state index in [1.165, 1.54) is 12.4 Å². The summed E-state index contributed by atoms with van der Waals surface area (Å²) in [5.74, 6) is -0.0417. The van der Waals surface area contributed by atoms with Gasteiger partial charge in [-0.25, -0.2) is 4.39 Å². The van der Waals surface area contributed by atoms with E-state index in [1.807, 2.05) is 32.9 Å². The molecule has 1 aromatic carbocycles. The minimum absolute atomic E-state index is 0.110. The lowest BCUT2D eigenvalue weighted by Gasteiger charge is -2.35. The first-order valence-corrected chi connectivity index (χ1v) is 13.1. The summed E-state index contributed by atoms with van der Waals surface area (Å²) in [4.78, 5) is 26.5. The number of aromatic nitrogens is 2. The van der Waals surface area contributed by atoms with Gasteiger partial charge in [0, 0.05) is 42.2 Å². The van der Waals surface area contributed by atoms with Gasteiger partial charge in [-0.05, 0) is 76.0 Å². The molecular weight excluding hydrogens is 481 g/mol. The minimum atomic E-state index is -0.394. The molecule has 0 saturated carbocycles. The highest BCUT2D eigenvalue weighted by atomic mass is 19.1. The van der Waals surface area contributed by atoms with Crippen molar-refractivity contribution < 1.29 is 13.9 Å². The van der Waals surface area contributed by atoms with Crippen LogP contribution in [0.4, 0.5) is 4.39 Å². The molecule has 0 N–H and O–H groups in total. The van der Waals surface area contributed by atoms with Crippen LogP contribution in [0.15, 0.2) is 36.7 Å². The molecule has 0 radical (unpaired) electrons. The number of pyridine rings is 2. The van der Waals surface area contributed by atoms with Crippen LogP contribution in [0.1, 0.15) is 65.2 Å². The molecule has 0 spiro atoms. The molecular formula is C30H34FN5O2. The lowest BCUT2D eigenvalue weighted by Crippen LogP contribution is -2.40. The second kappa shape index (κ2) is 11.7. The third-order valence-electron chi connectivity index (χ3n) is 7.21. The number of hydrogen-bond donors (Lipinski definition) is 0. The second-order valence-corrected chi connectivity index (χ2v) is 9.70. The number of carbonyl (C=O) groups excluding carboxylic acids is 1. The zero-order valence-corrected chi connectivity index (χ0v) is 22.7. The molecule has 1 amide bonds. The molecule has 0 bridgehead atoms. The van der Waals surface area contributed by atoms with E-state index in [0.717, 1.165) is 41.9 Å². The lowest BCUT2D eigenvalue weighted by atomic mass is 9.87. The number of rotatable bonds is 9. The summed E-state index contributed by atoms with van der Waals surface area (Å²) in [6, 6.07) is 9.26. The molecule has 0 saturated heterocycles. The largest absolute Gasteiger partial charge is 0.492 e. The van der Waals surface area contributed by atoms with Crippen molar-refractivity contribution in [1.29, 1.82) is 5.26 Å². The molecule has 1 atom stereocenters. The summed E-state index contributed by atoms with van der Waals surface area (Å²) in [7, 11) is 2.06. The van der Waals surface area contributed by atoms with E-state index >= 15 is 4.39 Å². The average molecular weight is 516 g/mol. The number of nitrogens with zero attached hydrogens (tertiary/aromatic N) is 5. The number of fused-ring (bicyclic) bond motifs is 1. The van der Waals surface area contributed by atoms with Gasteiger partial charge in [0.05, 0.1) is 24.5 Å². The van der Waals surface area contributed by atoms with E-state index in [-0.39, 0.29) is 11.9 Å². The van der Waals surface area contributed by atoms with Gasteiger partial charge in [-0.3, -0.25) is 14.8 Å². The Kier molecular flexibility index (Phi) is 8.38. The molecule has 8 heteroatoms. The Morgan fingerprint density at radius 2 is 1.92 bits per heavy atom. The fourth-order valence-electron chi connectivity index (χ4n) is 4.86. The van der Waals surface area contributed by atoms with Crippen molar-refractivity contribution in [2.75, 3.05) is 33.3 Å². The maximum atomic E-state index is 15.0. The predicted octanol–water partition coefficient (Wildman–Crippen LogP) is 5.12. The van der Waals surface area contributed by atoms with Crippen LogP contribution in [-0.4, -0.2) is 59.0 Å². The Hall–Kier alpha value is -3.83. The fraction of sp³-hybridized carbons (Fsp3) is 0.400. The van der Waals surface area contributed by atoms with Gasteiger partial charge in [0.1, 0.15) is 23.2 Å². The van der Waals surface area contributed by atoms with E-state index in [9.17, 15) is 10.1 Å². The summed E-state index contributed by atoms with van der Waals surface area (Å²) in [6.45, 7) is 10.4. The van der Waals surface area contributed by atoms with Crippen molar-refractivity contribution in [3.05, 3.63) is 76.1 Å². The number of aryl methyl sites for hydroxylation is 1. The zero-order valence-electron chi connectivity index (χ0n) is 22.7. The van der Waals surface area contributed by atoms with Gasteiger partial charge in [0.15, 0.2) is 0 Å². The van der Waals surface area contributed by atoms with Crippen molar-refractivity contribution >= 4 is 5.91 Å². The van der Waals surface area contributed by atoms with Crippen molar-refractivity contribution in [2.45, 2.75) is 46.6 Å². The smallest absolute Gasteiger partial charge is 0.254 e. The van der Waals surface area contributed by atoms with E-state index in [1.54, 1.807) is 17.0 Å². The number of likely N-dealkylation sites (N-methyl/N-ethyl adjacent to an activating group) is 1. The number of carbonyl (C=O) groups is 1. The maximum absolute atomic E-state index is 15.0. The second-order valence-electron chi connectivity index (χ2n) is 9.70. The van der Waals surface area contributed by atoms with Gasteiger partial charge in [-0.15, -0.1) is 0 Å². The monoisotopic (exact) mass is 515 g/mol. The summed E-state index contributed by atoms with van der Waals surface area (Å²) < 4.78 is 20.6. The van der Waals surface area contributed by atoms with Crippen LogP contribution in [-0.2, 0) is 12.8 Å². The molecule has 1 aliphatic rings. The lowest BCUT2D eigenvalue weighted by molar-refractivity contribution is 0.0669. The van der Waals surface area contributed by atoms with E-state index in [2.05, 4.69) is 34.9 Å². The molecule has 0 aliphatic carbocycles. The Bertz CT molecular complexity index is 1380. The van der Waals surface area contributed by atoms with Gasteiger partial charge in [0.2, 0.25) is 0 Å². The Morgan fingerprint density at radius 1 is 1.16 bits per heavy atom. The molecule has 0 fully saturated rings. The molecule has 38 heavy (non-hydrogen) atoms. The highest BCUT2D eigenvalue weighted by molar-refractivity contribution is 5.99. The first kappa shape index (κ1) is 27.2. The van der Waals surface area contributed by atoms with Crippen LogP contribution in [0.25, 0.3) is 11.1 Å². The Morgan fingerprint density at radius 3 is 2.63 bits per heavy atom. The van der Waals surface area contributed by atoms with E-state index in [0.29, 0.717) is 47.7 Å².